The Labute approximate surface area is 106 Å². The van der Waals surface area contributed by atoms with E-state index in [1.807, 2.05) is 6.07 Å². The van der Waals surface area contributed by atoms with Crippen molar-refractivity contribution in [2.45, 2.75) is 32.8 Å². The van der Waals surface area contributed by atoms with Gasteiger partial charge in [0.15, 0.2) is 0 Å². The molecular formula is C12H15ClN2O2. The van der Waals surface area contributed by atoms with Crippen LogP contribution in [0.2, 0.25) is 0 Å². The van der Waals surface area contributed by atoms with E-state index in [-0.39, 0.29) is 0 Å². The lowest BCUT2D eigenvalue weighted by Crippen LogP contribution is -2.27. The van der Waals surface area contributed by atoms with E-state index < -0.39 is 11.7 Å². The van der Waals surface area contributed by atoms with E-state index in [9.17, 15) is 4.79 Å². The highest BCUT2D eigenvalue weighted by Crippen LogP contribution is 2.15. The van der Waals surface area contributed by atoms with Crippen molar-refractivity contribution in [3.8, 4) is 6.07 Å². The first kappa shape index (κ1) is 13.6. The maximum atomic E-state index is 11.8. The molecule has 1 heterocycles. The lowest BCUT2D eigenvalue weighted by atomic mass is 10.2. The van der Waals surface area contributed by atoms with Gasteiger partial charge in [0.25, 0.3) is 0 Å². The molecule has 1 aromatic heterocycles. The summed E-state index contributed by atoms with van der Waals surface area (Å²) in [5.41, 5.74) is 0.467. The fraction of sp³-hybridized carbons (Fsp3) is 0.500. The van der Waals surface area contributed by atoms with Crippen LogP contribution in [0.15, 0.2) is 12.3 Å². The monoisotopic (exact) mass is 254 g/mol. The molecule has 0 unspecified atom stereocenters. The van der Waals surface area contributed by atoms with Crippen LogP contribution in [0.25, 0.3) is 0 Å². The highest BCUT2D eigenvalue weighted by molar-refractivity contribution is 6.18. The summed E-state index contributed by atoms with van der Waals surface area (Å²) in [7, 11) is 0. The van der Waals surface area contributed by atoms with E-state index in [4.69, 9.17) is 21.6 Å². The van der Waals surface area contributed by atoms with Gasteiger partial charge in [0, 0.05) is 12.1 Å². The standard InChI is InChI=1S/C12H15ClN2O2/c1-12(2,3)17-11(16)15-7-5-9(4-6-13)10(15)8-14/h5,7H,4,6H2,1-3H3. The first-order valence-corrected chi connectivity index (χ1v) is 5.82. The van der Waals surface area contributed by atoms with Gasteiger partial charge in [0.05, 0.1) is 0 Å². The Morgan fingerprint density at radius 2 is 2.24 bits per heavy atom. The second-order valence-electron chi connectivity index (χ2n) is 4.59. The number of alkyl halides is 1. The van der Waals surface area contributed by atoms with Crippen molar-refractivity contribution in [2.75, 3.05) is 5.88 Å². The number of hydrogen-bond donors (Lipinski definition) is 0. The molecule has 0 amide bonds. The van der Waals surface area contributed by atoms with Crippen LogP contribution in [-0.2, 0) is 11.2 Å². The number of nitrogens with zero attached hydrogens (tertiary/aromatic N) is 2. The van der Waals surface area contributed by atoms with Gasteiger partial charge in [-0.05, 0) is 38.8 Å². The van der Waals surface area contributed by atoms with E-state index in [1.54, 1.807) is 26.8 Å². The molecule has 0 aromatic carbocycles. The van der Waals surface area contributed by atoms with Gasteiger partial charge in [0.1, 0.15) is 17.4 Å². The summed E-state index contributed by atoms with van der Waals surface area (Å²) in [5, 5.41) is 9.04. The van der Waals surface area contributed by atoms with Gasteiger partial charge in [-0.2, -0.15) is 5.26 Å². The molecule has 0 fully saturated rings. The molecule has 0 saturated heterocycles. The van der Waals surface area contributed by atoms with Crippen molar-refractivity contribution < 1.29 is 9.53 Å². The average molecular weight is 255 g/mol. The summed E-state index contributed by atoms with van der Waals surface area (Å²) in [5.74, 6) is 0.410. The van der Waals surface area contributed by atoms with E-state index in [0.29, 0.717) is 18.0 Å². The second-order valence-corrected chi connectivity index (χ2v) is 4.97. The predicted molar refractivity (Wildman–Crippen MR) is 65.2 cm³/mol. The van der Waals surface area contributed by atoms with E-state index in [2.05, 4.69) is 0 Å². The molecule has 4 nitrogen and oxygen atoms in total. The topological polar surface area (TPSA) is 55.0 Å². The molecule has 0 radical (unpaired) electrons. The number of hydrogen-bond acceptors (Lipinski definition) is 3. The fourth-order valence-electron chi connectivity index (χ4n) is 1.37. The van der Waals surface area contributed by atoms with E-state index in [0.717, 1.165) is 5.56 Å². The third-order valence-corrected chi connectivity index (χ3v) is 2.22. The fourth-order valence-corrected chi connectivity index (χ4v) is 1.57. The number of ether oxygens (including phenoxy) is 1. The number of aromatic nitrogens is 1. The van der Waals surface area contributed by atoms with Crippen LogP contribution in [0.1, 0.15) is 32.0 Å². The Balaban J connectivity index is 2.99. The van der Waals surface area contributed by atoms with Crippen LogP contribution in [0, 0.1) is 11.3 Å². The Morgan fingerprint density at radius 3 is 2.71 bits per heavy atom. The Hall–Kier alpha value is -1.47. The first-order valence-electron chi connectivity index (χ1n) is 5.28. The Kier molecular flexibility index (Phi) is 4.19. The number of carbonyl (C=O) groups is 1. The van der Waals surface area contributed by atoms with Crippen LogP contribution in [0.4, 0.5) is 4.79 Å². The lowest BCUT2D eigenvalue weighted by Gasteiger charge is -2.19. The molecule has 0 saturated carbocycles. The zero-order valence-electron chi connectivity index (χ0n) is 10.2. The molecule has 17 heavy (non-hydrogen) atoms. The molecule has 0 bridgehead atoms. The average Bonchev–Trinajstić information content (AvgIpc) is 2.58. The predicted octanol–water partition coefficient (Wildman–Crippen LogP) is 2.92. The second kappa shape index (κ2) is 5.24. The third kappa shape index (κ3) is 3.50. The van der Waals surface area contributed by atoms with Crippen molar-refractivity contribution in [1.29, 1.82) is 5.26 Å². The minimum atomic E-state index is -0.583. The molecule has 5 heteroatoms. The Bertz CT molecular complexity index is 452. The number of aryl methyl sites for hydroxylation is 1. The molecule has 92 valence electrons. The van der Waals surface area contributed by atoms with Crippen LogP contribution >= 0.6 is 11.6 Å². The van der Waals surface area contributed by atoms with Gasteiger partial charge in [-0.25, -0.2) is 9.36 Å². The summed E-state index contributed by atoms with van der Waals surface area (Å²) in [4.78, 5) is 11.8. The SMILES string of the molecule is CC(C)(C)OC(=O)n1ccc(CCCl)c1C#N. The normalized spacial score (nSPS) is 11.0. The molecule has 0 spiro atoms. The van der Waals surface area contributed by atoms with Crippen molar-refractivity contribution >= 4 is 17.7 Å². The Morgan fingerprint density at radius 1 is 1.59 bits per heavy atom. The maximum absolute atomic E-state index is 11.8. The summed E-state index contributed by atoms with van der Waals surface area (Å²) < 4.78 is 6.41. The van der Waals surface area contributed by atoms with Crippen LogP contribution in [-0.4, -0.2) is 22.1 Å². The van der Waals surface area contributed by atoms with Crippen LogP contribution < -0.4 is 0 Å². The minimum Gasteiger partial charge on any atom is -0.443 e. The molecular weight excluding hydrogens is 240 g/mol. The van der Waals surface area contributed by atoms with E-state index in [1.165, 1.54) is 10.8 Å². The van der Waals surface area contributed by atoms with Crippen molar-refractivity contribution in [2.24, 2.45) is 0 Å². The largest absolute Gasteiger partial charge is 0.443 e. The molecule has 0 aliphatic rings. The maximum Gasteiger partial charge on any atom is 0.419 e. The van der Waals surface area contributed by atoms with Crippen molar-refractivity contribution in [1.82, 2.24) is 4.57 Å². The zero-order valence-corrected chi connectivity index (χ0v) is 10.9. The highest BCUT2D eigenvalue weighted by Gasteiger charge is 2.20. The van der Waals surface area contributed by atoms with Gasteiger partial charge >= 0.3 is 6.09 Å². The van der Waals surface area contributed by atoms with Gasteiger partial charge in [0.2, 0.25) is 0 Å². The van der Waals surface area contributed by atoms with Gasteiger partial charge in [-0.3, -0.25) is 0 Å². The molecule has 1 aromatic rings. The molecule has 0 aliphatic heterocycles. The molecule has 0 N–H and O–H groups in total. The number of carbonyl (C=O) groups excluding carboxylic acids is 1. The van der Waals surface area contributed by atoms with Crippen molar-refractivity contribution in [3.63, 3.8) is 0 Å². The smallest absolute Gasteiger partial charge is 0.419 e. The van der Waals surface area contributed by atoms with E-state index >= 15 is 0 Å². The number of nitriles is 1. The number of halogens is 1. The van der Waals surface area contributed by atoms with Gasteiger partial charge in [-0.1, -0.05) is 0 Å². The van der Waals surface area contributed by atoms with Crippen LogP contribution in [0.3, 0.4) is 0 Å². The van der Waals surface area contributed by atoms with Crippen LogP contribution in [0.5, 0.6) is 0 Å². The zero-order chi connectivity index (χ0) is 13.1. The minimum absolute atomic E-state index is 0.292. The quantitative estimate of drug-likeness (QED) is 0.763. The lowest BCUT2D eigenvalue weighted by molar-refractivity contribution is 0.0536. The molecule has 0 aliphatic carbocycles. The first-order chi connectivity index (χ1) is 7.89. The van der Waals surface area contributed by atoms with Gasteiger partial charge in [-0.15, -0.1) is 11.6 Å². The number of rotatable bonds is 2. The summed E-state index contributed by atoms with van der Waals surface area (Å²) in [6, 6.07) is 3.71. The summed E-state index contributed by atoms with van der Waals surface area (Å²) in [6.07, 6.45) is 1.55. The summed E-state index contributed by atoms with van der Waals surface area (Å²) >= 11 is 5.63. The van der Waals surface area contributed by atoms with Gasteiger partial charge < -0.3 is 4.74 Å². The molecule has 0 atom stereocenters. The molecule has 1 rings (SSSR count). The highest BCUT2D eigenvalue weighted by atomic mass is 35.5. The summed E-state index contributed by atoms with van der Waals surface area (Å²) in [6.45, 7) is 5.33. The van der Waals surface area contributed by atoms with Crippen molar-refractivity contribution in [3.05, 3.63) is 23.5 Å². The third-order valence-electron chi connectivity index (χ3n) is 2.03.